The predicted molar refractivity (Wildman–Crippen MR) is 112 cm³/mol. The minimum atomic E-state index is 0. The lowest BCUT2D eigenvalue weighted by atomic mass is 10.3. The standard InChI is InChI=1S/C15H25BrN6O.HI/c1-4-5-6-18-14(17-2)21-7-9-22(10-8-21)15-19-11-12(16)13(20-15)23-3;/h11H,4-10H2,1-3H3,(H,17,18);1H. The van der Waals surface area contributed by atoms with Gasteiger partial charge >= 0.3 is 0 Å². The van der Waals surface area contributed by atoms with E-state index >= 15 is 0 Å². The maximum Gasteiger partial charge on any atom is 0.232 e. The van der Waals surface area contributed by atoms with E-state index < -0.39 is 0 Å². The van der Waals surface area contributed by atoms with Crippen molar-refractivity contribution in [2.45, 2.75) is 19.8 Å². The summed E-state index contributed by atoms with van der Waals surface area (Å²) in [7, 11) is 3.45. The molecule has 0 unspecified atom stereocenters. The average molecular weight is 513 g/mol. The number of methoxy groups -OCH3 is 1. The third-order valence-corrected chi connectivity index (χ3v) is 4.32. The van der Waals surface area contributed by atoms with Crippen molar-refractivity contribution in [2.24, 2.45) is 4.99 Å². The van der Waals surface area contributed by atoms with Gasteiger partial charge < -0.3 is 19.9 Å². The lowest BCUT2D eigenvalue weighted by Gasteiger charge is -2.36. The molecule has 0 aromatic carbocycles. The highest BCUT2D eigenvalue weighted by molar-refractivity contribution is 14.0. The fraction of sp³-hybridized carbons (Fsp3) is 0.667. The summed E-state index contributed by atoms with van der Waals surface area (Å²) in [5, 5.41) is 3.42. The zero-order chi connectivity index (χ0) is 16.7. The van der Waals surface area contributed by atoms with Gasteiger partial charge in [0.15, 0.2) is 5.96 Å². The Labute approximate surface area is 169 Å². The van der Waals surface area contributed by atoms with Crippen molar-refractivity contribution < 1.29 is 4.74 Å². The molecule has 0 radical (unpaired) electrons. The minimum Gasteiger partial charge on any atom is -0.480 e. The number of halogens is 2. The van der Waals surface area contributed by atoms with E-state index in [-0.39, 0.29) is 24.0 Å². The summed E-state index contributed by atoms with van der Waals surface area (Å²) >= 11 is 3.38. The molecule has 7 nitrogen and oxygen atoms in total. The lowest BCUT2D eigenvalue weighted by Crippen LogP contribution is -2.53. The second-order valence-corrected chi connectivity index (χ2v) is 6.18. The zero-order valence-electron chi connectivity index (χ0n) is 14.5. The molecule has 0 bridgehead atoms. The highest BCUT2D eigenvalue weighted by Crippen LogP contribution is 2.23. The van der Waals surface area contributed by atoms with E-state index in [1.54, 1.807) is 13.3 Å². The Bertz CT molecular complexity index is 537. The summed E-state index contributed by atoms with van der Waals surface area (Å²) in [6.07, 6.45) is 4.07. The summed E-state index contributed by atoms with van der Waals surface area (Å²) in [4.78, 5) is 17.7. The number of rotatable bonds is 5. The number of aromatic nitrogens is 2. The first-order valence-electron chi connectivity index (χ1n) is 7.96. The Morgan fingerprint density at radius 1 is 1.38 bits per heavy atom. The first kappa shape index (κ1) is 21.2. The smallest absolute Gasteiger partial charge is 0.232 e. The zero-order valence-corrected chi connectivity index (χ0v) is 18.4. The molecule has 0 spiro atoms. The second kappa shape index (κ2) is 10.9. The first-order valence-corrected chi connectivity index (χ1v) is 8.76. The van der Waals surface area contributed by atoms with E-state index in [1.165, 1.54) is 6.42 Å². The normalized spacial score (nSPS) is 15.1. The maximum atomic E-state index is 5.24. The maximum absolute atomic E-state index is 5.24. The topological polar surface area (TPSA) is 65.9 Å². The molecule has 1 aromatic rings. The van der Waals surface area contributed by atoms with Crippen molar-refractivity contribution in [3.05, 3.63) is 10.7 Å². The number of aliphatic imine (C=N–C) groups is 1. The van der Waals surface area contributed by atoms with Crippen LogP contribution in [0.5, 0.6) is 5.88 Å². The fourth-order valence-corrected chi connectivity index (χ4v) is 2.82. The van der Waals surface area contributed by atoms with E-state index in [0.717, 1.165) is 49.6 Å². The summed E-state index contributed by atoms with van der Waals surface area (Å²) in [6, 6.07) is 0. The van der Waals surface area contributed by atoms with Crippen LogP contribution < -0.4 is 15.0 Å². The number of ether oxygens (including phenoxy) is 1. The van der Waals surface area contributed by atoms with Gasteiger partial charge in [-0.15, -0.1) is 24.0 Å². The highest BCUT2D eigenvalue weighted by atomic mass is 127. The van der Waals surface area contributed by atoms with Crippen LogP contribution in [0.15, 0.2) is 15.7 Å². The van der Waals surface area contributed by atoms with Crippen LogP contribution in [0, 0.1) is 0 Å². The molecule has 136 valence electrons. The number of anilines is 1. The molecule has 0 aliphatic carbocycles. The number of guanidine groups is 1. The van der Waals surface area contributed by atoms with Gasteiger partial charge in [0.25, 0.3) is 0 Å². The quantitative estimate of drug-likeness (QED) is 0.283. The van der Waals surface area contributed by atoms with Gasteiger partial charge in [0.2, 0.25) is 11.8 Å². The fourth-order valence-electron chi connectivity index (χ4n) is 2.47. The highest BCUT2D eigenvalue weighted by Gasteiger charge is 2.21. The van der Waals surface area contributed by atoms with Crippen molar-refractivity contribution in [1.29, 1.82) is 0 Å². The Balaban J connectivity index is 0.00000288. The largest absolute Gasteiger partial charge is 0.480 e. The molecule has 2 heterocycles. The van der Waals surface area contributed by atoms with Crippen LogP contribution in [0.2, 0.25) is 0 Å². The summed E-state index contributed by atoms with van der Waals surface area (Å²) in [5.74, 6) is 2.25. The van der Waals surface area contributed by atoms with Gasteiger partial charge in [-0.25, -0.2) is 4.98 Å². The van der Waals surface area contributed by atoms with Crippen molar-refractivity contribution in [3.8, 4) is 5.88 Å². The Morgan fingerprint density at radius 3 is 2.67 bits per heavy atom. The molecule has 1 N–H and O–H groups in total. The van der Waals surface area contributed by atoms with Crippen LogP contribution in [-0.2, 0) is 0 Å². The van der Waals surface area contributed by atoms with Gasteiger partial charge in [-0.2, -0.15) is 4.98 Å². The SMILES string of the molecule is CCCCNC(=NC)N1CCN(c2ncc(Br)c(OC)n2)CC1.I. The van der Waals surface area contributed by atoms with Gasteiger partial charge in [-0.1, -0.05) is 13.3 Å². The van der Waals surface area contributed by atoms with Gasteiger partial charge in [0, 0.05) is 39.8 Å². The van der Waals surface area contributed by atoms with E-state index in [0.29, 0.717) is 11.8 Å². The van der Waals surface area contributed by atoms with Crippen LogP contribution in [0.3, 0.4) is 0 Å². The predicted octanol–water partition coefficient (Wildman–Crippen LogP) is 2.36. The summed E-state index contributed by atoms with van der Waals surface area (Å²) in [5.41, 5.74) is 0. The van der Waals surface area contributed by atoms with Crippen molar-refractivity contribution in [1.82, 2.24) is 20.2 Å². The van der Waals surface area contributed by atoms with Crippen LogP contribution in [-0.4, -0.2) is 67.7 Å². The number of unbranched alkanes of at least 4 members (excludes halogenated alkanes) is 1. The van der Waals surface area contributed by atoms with E-state index in [2.05, 4.69) is 52.9 Å². The third-order valence-electron chi connectivity index (χ3n) is 3.78. The number of hydrogen-bond acceptors (Lipinski definition) is 5. The molecular formula is C15H26BrIN6O. The third kappa shape index (κ3) is 5.61. The molecule has 1 fully saturated rings. The van der Waals surface area contributed by atoms with Crippen molar-refractivity contribution in [3.63, 3.8) is 0 Å². The molecule has 9 heteroatoms. The monoisotopic (exact) mass is 512 g/mol. The number of nitrogens with one attached hydrogen (secondary N) is 1. The van der Waals surface area contributed by atoms with Crippen molar-refractivity contribution in [2.75, 3.05) is 51.8 Å². The lowest BCUT2D eigenvalue weighted by molar-refractivity contribution is 0.366. The molecule has 24 heavy (non-hydrogen) atoms. The summed E-state index contributed by atoms with van der Waals surface area (Å²) in [6.45, 7) is 6.67. The van der Waals surface area contributed by atoms with Crippen molar-refractivity contribution >= 4 is 51.8 Å². The number of piperazine rings is 1. The molecule has 2 rings (SSSR count). The van der Waals surface area contributed by atoms with Crippen LogP contribution >= 0.6 is 39.9 Å². The van der Waals surface area contributed by atoms with E-state index in [9.17, 15) is 0 Å². The summed E-state index contributed by atoms with van der Waals surface area (Å²) < 4.78 is 6.01. The van der Waals surface area contributed by atoms with Gasteiger partial charge in [0.05, 0.1) is 17.8 Å². The van der Waals surface area contributed by atoms with Gasteiger partial charge in [-0.05, 0) is 22.4 Å². The Kier molecular flexibility index (Phi) is 9.64. The van der Waals surface area contributed by atoms with E-state index in [4.69, 9.17) is 4.74 Å². The van der Waals surface area contributed by atoms with Gasteiger partial charge in [-0.3, -0.25) is 4.99 Å². The van der Waals surface area contributed by atoms with E-state index in [1.807, 2.05) is 7.05 Å². The number of nitrogens with zero attached hydrogens (tertiary/aromatic N) is 5. The Hall–Kier alpha value is -0.840. The molecule has 0 atom stereocenters. The molecule has 0 amide bonds. The second-order valence-electron chi connectivity index (χ2n) is 5.33. The van der Waals surface area contributed by atoms with Crippen LogP contribution in [0.1, 0.15) is 19.8 Å². The minimum absolute atomic E-state index is 0. The molecule has 1 aliphatic rings. The van der Waals surface area contributed by atoms with Gasteiger partial charge in [0.1, 0.15) is 0 Å². The number of hydrogen-bond donors (Lipinski definition) is 1. The average Bonchev–Trinajstić information content (AvgIpc) is 2.59. The van der Waals surface area contributed by atoms with Crippen LogP contribution in [0.4, 0.5) is 5.95 Å². The van der Waals surface area contributed by atoms with Crippen LogP contribution in [0.25, 0.3) is 0 Å². The molecule has 0 saturated carbocycles. The first-order chi connectivity index (χ1) is 11.2. The molecule has 1 aromatic heterocycles. The molecular weight excluding hydrogens is 487 g/mol. The Morgan fingerprint density at radius 2 is 2.08 bits per heavy atom. The molecule has 1 aliphatic heterocycles. The molecule has 1 saturated heterocycles.